The van der Waals surface area contributed by atoms with E-state index in [1.165, 1.54) is 0 Å². The van der Waals surface area contributed by atoms with Crippen molar-refractivity contribution in [1.82, 2.24) is 14.9 Å². The summed E-state index contributed by atoms with van der Waals surface area (Å²) in [4.78, 5) is 10.9. The Bertz CT molecular complexity index is 386. The third-order valence-electron chi connectivity index (χ3n) is 2.03. The van der Waals surface area contributed by atoms with E-state index < -0.39 is 0 Å². The van der Waals surface area contributed by atoms with Gasteiger partial charge in [-0.25, -0.2) is 9.97 Å². The second-order valence-corrected chi connectivity index (χ2v) is 6.52. The number of nitrogens with zero attached hydrogens (tertiary/aromatic N) is 3. The molecule has 0 unspecified atom stereocenters. The van der Waals surface area contributed by atoms with E-state index in [1.807, 2.05) is 19.0 Å². The Morgan fingerprint density at radius 2 is 1.81 bits per heavy atom. The zero-order valence-corrected chi connectivity index (χ0v) is 13.2. The molecule has 1 aromatic rings. The molecule has 0 aliphatic heterocycles. The van der Waals surface area contributed by atoms with Gasteiger partial charge in [0.15, 0.2) is 0 Å². The third kappa shape index (κ3) is 3.53. The second kappa shape index (κ2) is 5.14. The highest BCUT2D eigenvalue weighted by Crippen LogP contribution is 2.29. The first-order chi connectivity index (χ1) is 7.21. The summed E-state index contributed by atoms with van der Waals surface area (Å²) in [5.74, 6) is 0.778. The standard InChI is InChI=1S/C11H17ClIN3/c1-11(2,3)9-8(13)10(12)15-7(14-9)6-16(4)5/h6H2,1-5H3. The van der Waals surface area contributed by atoms with E-state index in [4.69, 9.17) is 11.6 Å². The van der Waals surface area contributed by atoms with E-state index >= 15 is 0 Å². The number of aromatic nitrogens is 2. The van der Waals surface area contributed by atoms with Crippen LogP contribution in [-0.2, 0) is 12.0 Å². The minimum Gasteiger partial charge on any atom is -0.302 e. The molecule has 3 nitrogen and oxygen atoms in total. The van der Waals surface area contributed by atoms with Gasteiger partial charge in [0.05, 0.1) is 15.8 Å². The quantitative estimate of drug-likeness (QED) is 0.604. The first-order valence-electron chi connectivity index (χ1n) is 5.09. The molecular weight excluding hydrogens is 336 g/mol. The van der Waals surface area contributed by atoms with Crippen LogP contribution in [0.5, 0.6) is 0 Å². The summed E-state index contributed by atoms with van der Waals surface area (Å²) in [6, 6.07) is 0. The van der Waals surface area contributed by atoms with Gasteiger partial charge in [-0.15, -0.1) is 0 Å². The molecule has 0 atom stereocenters. The molecule has 90 valence electrons. The third-order valence-corrected chi connectivity index (χ3v) is 3.64. The molecule has 0 N–H and O–H groups in total. The highest BCUT2D eigenvalue weighted by Gasteiger charge is 2.22. The van der Waals surface area contributed by atoms with E-state index in [9.17, 15) is 0 Å². The average molecular weight is 354 g/mol. The maximum absolute atomic E-state index is 6.13. The van der Waals surface area contributed by atoms with Crippen LogP contribution in [0.25, 0.3) is 0 Å². The van der Waals surface area contributed by atoms with Crippen LogP contribution in [0.2, 0.25) is 5.15 Å². The van der Waals surface area contributed by atoms with Crippen molar-refractivity contribution in [3.05, 3.63) is 20.2 Å². The van der Waals surface area contributed by atoms with Crippen molar-refractivity contribution in [3.63, 3.8) is 0 Å². The molecule has 0 saturated carbocycles. The zero-order valence-electron chi connectivity index (χ0n) is 10.3. The Balaban J connectivity index is 3.23. The lowest BCUT2D eigenvalue weighted by Crippen LogP contribution is -2.20. The molecule has 0 amide bonds. The highest BCUT2D eigenvalue weighted by molar-refractivity contribution is 14.1. The normalized spacial score (nSPS) is 12.2. The second-order valence-electron chi connectivity index (χ2n) is 5.08. The maximum atomic E-state index is 6.13. The van der Waals surface area contributed by atoms with Gasteiger partial charge in [-0.05, 0) is 36.7 Å². The lowest BCUT2D eigenvalue weighted by molar-refractivity contribution is 0.387. The summed E-state index contributed by atoms with van der Waals surface area (Å²) >= 11 is 8.34. The van der Waals surface area contributed by atoms with Gasteiger partial charge in [0.25, 0.3) is 0 Å². The first-order valence-corrected chi connectivity index (χ1v) is 6.54. The van der Waals surface area contributed by atoms with Gasteiger partial charge in [0, 0.05) is 5.41 Å². The first kappa shape index (κ1) is 14.1. The molecule has 1 heterocycles. The van der Waals surface area contributed by atoms with Gasteiger partial charge >= 0.3 is 0 Å². The van der Waals surface area contributed by atoms with Gasteiger partial charge in [0.1, 0.15) is 11.0 Å². The SMILES string of the molecule is CN(C)Cc1nc(Cl)c(I)c(C(C)(C)C)n1. The molecular formula is C11H17ClIN3. The molecule has 0 fully saturated rings. The number of hydrogen-bond acceptors (Lipinski definition) is 3. The van der Waals surface area contributed by atoms with Crippen molar-refractivity contribution >= 4 is 34.2 Å². The average Bonchev–Trinajstić information content (AvgIpc) is 2.08. The van der Waals surface area contributed by atoms with Crippen LogP contribution in [0.4, 0.5) is 0 Å². The van der Waals surface area contributed by atoms with Crippen LogP contribution in [-0.4, -0.2) is 29.0 Å². The van der Waals surface area contributed by atoms with Crippen LogP contribution < -0.4 is 0 Å². The van der Waals surface area contributed by atoms with E-state index in [-0.39, 0.29) is 5.41 Å². The molecule has 0 aromatic carbocycles. The Labute approximate surface area is 116 Å². The van der Waals surface area contributed by atoms with E-state index in [2.05, 4.69) is 53.3 Å². The minimum absolute atomic E-state index is 0.00976. The summed E-state index contributed by atoms with van der Waals surface area (Å²) in [5, 5.41) is 0.553. The summed E-state index contributed by atoms with van der Waals surface area (Å²) in [6.45, 7) is 7.10. The highest BCUT2D eigenvalue weighted by atomic mass is 127. The Morgan fingerprint density at radius 3 is 2.25 bits per heavy atom. The molecule has 0 aliphatic carbocycles. The zero-order chi connectivity index (χ0) is 12.5. The van der Waals surface area contributed by atoms with Crippen LogP contribution in [0.15, 0.2) is 0 Å². The summed E-state index contributed by atoms with van der Waals surface area (Å²) in [6.07, 6.45) is 0. The molecule has 0 aliphatic rings. The molecule has 0 bridgehead atoms. The molecule has 0 radical (unpaired) electrons. The number of hydrogen-bond donors (Lipinski definition) is 0. The monoisotopic (exact) mass is 353 g/mol. The number of halogens is 2. The lowest BCUT2D eigenvalue weighted by atomic mass is 9.92. The fourth-order valence-corrected chi connectivity index (χ4v) is 2.55. The fraction of sp³-hybridized carbons (Fsp3) is 0.636. The fourth-order valence-electron chi connectivity index (χ4n) is 1.31. The van der Waals surface area contributed by atoms with Crippen molar-refractivity contribution in [3.8, 4) is 0 Å². The summed E-state index contributed by atoms with van der Waals surface area (Å²) < 4.78 is 0.953. The van der Waals surface area contributed by atoms with Crippen molar-refractivity contribution in [2.75, 3.05) is 14.1 Å². The van der Waals surface area contributed by atoms with Crippen molar-refractivity contribution in [1.29, 1.82) is 0 Å². The van der Waals surface area contributed by atoms with Crippen molar-refractivity contribution in [2.24, 2.45) is 0 Å². The largest absolute Gasteiger partial charge is 0.302 e. The van der Waals surface area contributed by atoms with Gasteiger partial charge in [-0.3, -0.25) is 0 Å². The van der Waals surface area contributed by atoms with Gasteiger partial charge in [-0.2, -0.15) is 0 Å². The van der Waals surface area contributed by atoms with Gasteiger partial charge < -0.3 is 4.90 Å². The molecule has 1 aromatic heterocycles. The maximum Gasteiger partial charge on any atom is 0.146 e. The van der Waals surface area contributed by atoms with Crippen LogP contribution in [0.3, 0.4) is 0 Å². The minimum atomic E-state index is -0.00976. The van der Waals surface area contributed by atoms with E-state index in [0.29, 0.717) is 11.7 Å². The van der Waals surface area contributed by atoms with Crippen LogP contribution in [0, 0.1) is 3.57 Å². The Kier molecular flexibility index (Phi) is 4.54. The predicted molar refractivity (Wildman–Crippen MR) is 75.9 cm³/mol. The topological polar surface area (TPSA) is 29.0 Å². The van der Waals surface area contributed by atoms with Crippen molar-refractivity contribution in [2.45, 2.75) is 32.7 Å². The molecule has 0 spiro atoms. The predicted octanol–water partition coefficient (Wildman–Crippen LogP) is 3.09. The smallest absolute Gasteiger partial charge is 0.146 e. The van der Waals surface area contributed by atoms with E-state index in [0.717, 1.165) is 15.1 Å². The van der Waals surface area contributed by atoms with Gasteiger partial charge in [0.2, 0.25) is 0 Å². The summed E-state index contributed by atoms with van der Waals surface area (Å²) in [5.41, 5.74) is 1.01. The van der Waals surface area contributed by atoms with Crippen LogP contribution in [0.1, 0.15) is 32.3 Å². The number of rotatable bonds is 2. The van der Waals surface area contributed by atoms with Crippen molar-refractivity contribution < 1.29 is 0 Å². The van der Waals surface area contributed by atoms with Gasteiger partial charge in [-0.1, -0.05) is 32.4 Å². The molecule has 0 saturated heterocycles. The summed E-state index contributed by atoms with van der Waals surface area (Å²) in [7, 11) is 3.98. The lowest BCUT2D eigenvalue weighted by Gasteiger charge is -2.21. The Hall–Kier alpha value is 0.0600. The molecule has 5 heteroatoms. The van der Waals surface area contributed by atoms with E-state index in [1.54, 1.807) is 0 Å². The van der Waals surface area contributed by atoms with Crippen LogP contribution >= 0.6 is 34.2 Å². The molecule has 1 rings (SSSR count). The molecule has 16 heavy (non-hydrogen) atoms. The Morgan fingerprint density at radius 1 is 1.25 bits per heavy atom.